The molecule has 2 aliphatic rings. The fourth-order valence-corrected chi connectivity index (χ4v) is 3.23. The molecule has 2 heterocycles. The Bertz CT molecular complexity index is 605. The monoisotopic (exact) mass is 317 g/mol. The number of fused-ring (bicyclic) bond motifs is 1. The topological polar surface area (TPSA) is 61.9 Å². The van der Waals surface area contributed by atoms with Crippen LogP contribution in [-0.4, -0.2) is 55.5 Å². The first-order chi connectivity index (χ1) is 11.1. The van der Waals surface area contributed by atoms with E-state index in [2.05, 4.69) is 23.2 Å². The summed E-state index contributed by atoms with van der Waals surface area (Å²) in [7, 11) is 1.77. The Labute approximate surface area is 136 Å². The van der Waals surface area contributed by atoms with Gasteiger partial charge in [0.1, 0.15) is 17.9 Å². The minimum atomic E-state index is -0.384. The quantitative estimate of drug-likeness (QED) is 0.900. The fourth-order valence-electron chi connectivity index (χ4n) is 3.23. The van der Waals surface area contributed by atoms with Crippen LogP contribution >= 0.6 is 0 Å². The first kappa shape index (κ1) is 15.6. The van der Waals surface area contributed by atoms with Crippen LogP contribution in [0.3, 0.4) is 0 Å². The molecule has 2 atom stereocenters. The molecule has 1 aromatic carbocycles. The molecule has 0 aromatic heterocycles. The second kappa shape index (κ2) is 6.48. The van der Waals surface area contributed by atoms with Crippen molar-refractivity contribution in [3.8, 4) is 5.75 Å². The van der Waals surface area contributed by atoms with Crippen molar-refractivity contribution in [1.82, 2.24) is 10.2 Å². The predicted molar refractivity (Wildman–Crippen MR) is 87.5 cm³/mol. The van der Waals surface area contributed by atoms with Gasteiger partial charge in [0.05, 0.1) is 18.8 Å². The third kappa shape index (κ3) is 3.25. The lowest BCUT2D eigenvalue weighted by molar-refractivity contribution is -0.134. The lowest BCUT2D eigenvalue weighted by atomic mass is 10.1. The normalized spacial score (nSPS) is 23.0. The molecule has 23 heavy (non-hydrogen) atoms. The van der Waals surface area contributed by atoms with Crippen molar-refractivity contribution < 1.29 is 14.3 Å². The predicted octanol–water partition coefficient (Wildman–Crippen LogP) is 1.01. The van der Waals surface area contributed by atoms with E-state index in [4.69, 9.17) is 4.74 Å². The summed E-state index contributed by atoms with van der Waals surface area (Å²) in [5.41, 5.74) is 1.10. The number of ether oxygens (including phenoxy) is 1. The third-order valence-corrected chi connectivity index (χ3v) is 4.45. The van der Waals surface area contributed by atoms with Gasteiger partial charge in [-0.25, -0.2) is 0 Å². The molecule has 0 radical (unpaired) electrons. The number of para-hydroxylation sites is 2. The number of benzene rings is 1. The van der Waals surface area contributed by atoms with Crippen molar-refractivity contribution in [2.75, 3.05) is 31.6 Å². The van der Waals surface area contributed by atoms with Gasteiger partial charge >= 0.3 is 0 Å². The molecule has 1 fully saturated rings. The van der Waals surface area contributed by atoms with Crippen LogP contribution in [0.25, 0.3) is 0 Å². The van der Waals surface area contributed by atoms with E-state index >= 15 is 0 Å². The number of carbonyl (C=O) groups excluding carboxylic acids is 2. The maximum Gasteiger partial charge on any atom is 0.245 e. The molecule has 124 valence electrons. The Morgan fingerprint density at radius 3 is 2.91 bits per heavy atom. The van der Waals surface area contributed by atoms with Gasteiger partial charge in [-0.2, -0.15) is 0 Å². The highest BCUT2D eigenvalue weighted by molar-refractivity contribution is 5.90. The molecule has 0 saturated carbocycles. The average Bonchev–Trinajstić information content (AvgIpc) is 2.99. The first-order valence-electron chi connectivity index (χ1n) is 8.13. The van der Waals surface area contributed by atoms with Crippen LogP contribution < -0.4 is 15.0 Å². The summed E-state index contributed by atoms with van der Waals surface area (Å²) in [5.74, 6) is 0.777. The molecule has 0 aliphatic carbocycles. The maximum absolute atomic E-state index is 12.4. The van der Waals surface area contributed by atoms with E-state index in [0.717, 1.165) is 24.5 Å². The number of anilines is 1. The summed E-state index contributed by atoms with van der Waals surface area (Å²) >= 11 is 0. The molecule has 1 aromatic rings. The van der Waals surface area contributed by atoms with Gasteiger partial charge in [0.15, 0.2) is 0 Å². The molecule has 6 heteroatoms. The summed E-state index contributed by atoms with van der Waals surface area (Å²) < 4.78 is 6.05. The maximum atomic E-state index is 12.4. The summed E-state index contributed by atoms with van der Waals surface area (Å²) in [5, 5.41) is 2.73. The zero-order valence-corrected chi connectivity index (χ0v) is 13.6. The highest BCUT2D eigenvalue weighted by Gasteiger charge is 2.32. The molecule has 3 rings (SSSR count). The Morgan fingerprint density at radius 2 is 2.22 bits per heavy atom. The average molecular weight is 317 g/mol. The first-order valence-corrected chi connectivity index (χ1v) is 8.13. The number of hydrogen-bond acceptors (Lipinski definition) is 4. The Kier molecular flexibility index (Phi) is 4.41. The van der Waals surface area contributed by atoms with Gasteiger partial charge in [-0.1, -0.05) is 12.1 Å². The standard InChI is InChI=1S/C17H23N3O3/c1-3-20-11-12(23-15-7-5-4-6-14(15)20)10-19(2)17(22)13-8-9-16(21)18-13/h4-7,12-13H,3,8-11H2,1-2H3,(H,18,21)/t12-,13+/m0/s1. The molecule has 2 aliphatic heterocycles. The highest BCUT2D eigenvalue weighted by atomic mass is 16.5. The van der Waals surface area contributed by atoms with Crippen LogP contribution in [0.5, 0.6) is 5.75 Å². The summed E-state index contributed by atoms with van der Waals surface area (Å²) in [4.78, 5) is 27.6. The van der Waals surface area contributed by atoms with Gasteiger partial charge in [0.2, 0.25) is 11.8 Å². The number of amides is 2. The number of hydrogen-bond donors (Lipinski definition) is 1. The second-order valence-corrected chi connectivity index (χ2v) is 6.12. The van der Waals surface area contributed by atoms with Crippen molar-refractivity contribution >= 4 is 17.5 Å². The molecule has 6 nitrogen and oxygen atoms in total. The Balaban J connectivity index is 1.64. The van der Waals surface area contributed by atoms with Gasteiger partial charge in [0, 0.05) is 20.0 Å². The number of nitrogens with one attached hydrogen (secondary N) is 1. The van der Waals surface area contributed by atoms with Crippen molar-refractivity contribution in [1.29, 1.82) is 0 Å². The van der Waals surface area contributed by atoms with E-state index in [-0.39, 0.29) is 24.0 Å². The van der Waals surface area contributed by atoms with E-state index in [1.807, 2.05) is 18.2 Å². The van der Waals surface area contributed by atoms with Gasteiger partial charge in [-0.05, 0) is 25.5 Å². The SMILES string of the molecule is CCN1C[C@H](CN(C)C(=O)[C@H]2CCC(=O)N2)Oc2ccccc21. The van der Waals surface area contributed by atoms with Crippen LogP contribution in [-0.2, 0) is 9.59 Å². The van der Waals surface area contributed by atoms with E-state index in [0.29, 0.717) is 19.4 Å². The molecule has 2 amide bonds. The summed E-state index contributed by atoms with van der Waals surface area (Å²) in [6.45, 7) is 4.27. The van der Waals surface area contributed by atoms with Gasteiger partial charge < -0.3 is 19.9 Å². The largest absolute Gasteiger partial charge is 0.485 e. The number of rotatable bonds is 4. The van der Waals surface area contributed by atoms with Crippen LogP contribution in [0.15, 0.2) is 24.3 Å². The van der Waals surface area contributed by atoms with E-state index in [1.54, 1.807) is 11.9 Å². The number of likely N-dealkylation sites (N-methyl/N-ethyl adjacent to an activating group) is 2. The van der Waals surface area contributed by atoms with Crippen LogP contribution in [0.2, 0.25) is 0 Å². The third-order valence-electron chi connectivity index (χ3n) is 4.45. The molecular formula is C17H23N3O3. The minimum Gasteiger partial charge on any atom is -0.485 e. The lowest BCUT2D eigenvalue weighted by Crippen LogP contribution is -2.50. The highest BCUT2D eigenvalue weighted by Crippen LogP contribution is 2.32. The number of nitrogens with zero attached hydrogens (tertiary/aromatic N) is 2. The number of carbonyl (C=O) groups is 2. The zero-order chi connectivity index (χ0) is 16.4. The van der Waals surface area contributed by atoms with Crippen molar-refractivity contribution in [2.45, 2.75) is 31.9 Å². The second-order valence-electron chi connectivity index (χ2n) is 6.12. The minimum absolute atomic E-state index is 0.0404. The summed E-state index contributed by atoms with van der Waals surface area (Å²) in [6.07, 6.45) is 0.939. The van der Waals surface area contributed by atoms with Gasteiger partial charge in [-0.15, -0.1) is 0 Å². The van der Waals surface area contributed by atoms with E-state index < -0.39 is 0 Å². The Morgan fingerprint density at radius 1 is 1.43 bits per heavy atom. The van der Waals surface area contributed by atoms with Crippen molar-refractivity contribution in [2.24, 2.45) is 0 Å². The van der Waals surface area contributed by atoms with Crippen molar-refractivity contribution in [3.63, 3.8) is 0 Å². The molecule has 0 bridgehead atoms. The van der Waals surface area contributed by atoms with Crippen LogP contribution in [0.4, 0.5) is 5.69 Å². The van der Waals surface area contributed by atoms with Gasteiger partial charge in [0.25, 0.3) is 0 Å². The molecule has 1 saturated heterocycles. The fraction of sp³-hybridized carbons (Fsp3) is 0.529. The molecule has 1 N–H and O–H groups in total. The molecule has 0 unspecified atom stereocenters. The van der Waals surface area contributed by atoms with E-state index in [9.17, 15) is 9.59 Å². The smallest absolute Gasteiger partial charge is 0.245 e. The zero-order valence-electron chi connectivity index (χ0n) is 13.6. The lowest BCUT2D eigenvalue weighted by Gasteiger charge is -2.37. The molecule has 0 spiro atoms. The Hall–Kier alpha value is -2.24. The van der Waals surface area contributed by atoms with Crippen LogP contribution in [0.1, 0.15) is 19.8 Å². The summed E-state index contributed by atoms with van der Waals surface area (Å²) in [6, 6.07) is 7.59. The van der Waals surface area contributed by atoms with Crippen molar-refractivity contribution in [3.05, 3.63) is 24.3 Å². The molecular weight excluding hydrogens is 294 g/mol. The van der Waals surface area contributed by atoms with E-state index in [1.165, 1.54) is 0 Å². The van der Waals surface area contributed by atoms with Crippen LogP contribution in [0, 0.1) is 0 Å². The van der Waals surface area contributed by atoms with Gasteiger partial charge in [-0.3, -0.25) is 9.59 Å².